The van der Waals surface area contributed by atoms with E-state index in [1.165, 1.54) is 16.0 Å². The number of hydrogen-bond acceptors (Lipinski definition) is 5. The molecule has 2 aromatic carbocycles. The zero-order chi connectivity index (χ0) is 27.6. The fourth-order valence-corrected chi connectivity index (χ4v) is 5.14. The Morgan fingerprint density at radius 2 is 1.15 bits per heavy atom. The fourth-order valence-electron chi connectivity index (χ4n) is 5.14. The molecule has 0 unspecified atom stereocenters. The monoisotopic (exact) mass is 533 g/mol. The number of unbranched alkanes of at least 4 members (excludes halogenated alkanes) is 1. The van der Waals surface area contributed by atoms with Crippen molar-refractivity contribution in [3.8, 4) is 5.75 Å². The number of aryl methyl sites for hydroxylation is 4. The summed E-state index contributed by atoms with van der Waals surface area (Å²) in [6, 6.07) is 25.7. The molecule has 0 aliphatic carbocycles. The molecule has 0 saturated heterocycles. The third-order valence-corrected chi connectivity index (χ3v) is 7.20. The lowest BCUT2D eigenvalue weighted by atomic mass is 10.00. The Bertz CT molecular complexity index is 1320. The number of imide groups is 1. The standard InChI is InChI=1S/C34H35N3O3/c38-33-31-17-1-2-18-32(31)34(39)37(33)21-7-8-22-40-30-24-26(11-9-15-28-13-3-5-19-35-28)23-27(25-30)12-10-16-29-14-4-6-20-36-29/h1-6,13-14,17-20,23-25H,7-12,15-16,21-22H2. The average Bonchev–Trinajstić information content (AvgIpc) is 3.23. The van der Waals surface area contributed by atoms with Crippen LogP contribution in [0.4, 0.5) is 0 Å². The molecule has 0 saturated carbocycles. The molecule has 6 nitrogen and oxygen atoms in total. The van der Waals surface area contributed by atoms with Gasteiger partial charge in [-0.1, -0.05) is 30.3 Å². The molecule has 3 heterocycles. The molecule has 0 spiro atoms. The number of carbonyl (C=O) groups is 2. The Morgan fingerprint density at radius 3 is 1.68 bits per heavy atom. The van der Waals surface area contributed by atoms with E-state index in [2.05, 4.69) is 40.3 Å². The Morgan fingerprint density at radius 1 is 0.600 bits per heavy atom. The number of carbonyl (C=O) groups excluding carboxylic acids is 2. The van der Waals surface area contributed by atoms with Crippen LogP contribution in [0.3, 0.4) is 0 Å². The van der Waals surface area contributed by atoms with Crippen molar-refractivity contribution < 1.29 is 14.3 Å². The van der Waals surface area contributed by atoms with Gasteiger partial charge >= 0.3 is 0 Å². The maximum atomic E-state index is 12.6. The number of nitrogens with zero attached hydrogens (tertiary/aromatic N) is 3. The maximum absolute atomic E-state index is 12.6. The Kier molecular flexibility index (Phi) is 9.30. The Hall–Kier alpha value is -4.32. The Labute approximate surface area is 236 Å². The van der Waals surface area contributed by atoms with Crippen LogP contribution in [0.5, 0.6) is 5.75 Å². The number of fused-ring (bicyclic) bond motifs is 1. The van der Waals surface area contributed by atoms with Gasteiger partial charge in [-0.15, -0.1) is 0 Å². The highest BCUT2D eigenvalue weighted by molar-refractivity contribution is 6.21. The summed E-state index contributed by atoms with van der Waals surface area (Å²) >= 11 is 0. The highest BCUT2D eigenvalue weighted by Crippen LogP contribution is 2.24. The third-order valence-electron chi connectivity index (χ3n) is 7.20. The van der Waals surface area contributed by atoms with Crippen LogP contribution in [-0.4, -0.2) is 39.8 Å². The lowest BCUT2D eigenvalue weighted by Gasteiger charge is -2.14. The van der Waals surface area contributed by atoms with Crippen LogP contribution in [-0.2, 0) is 25.7 Å². The van der Waals surface area contributed by atoms with Gasteiger partial charge in [-0.25, -0.2) is 0 Å². The van der Waals surface area contributed by atoms with E-state index >= 15 is 0 Å². The first-order valence-corrected chi connectivity index (χ1v) is 14.2. The van der Waals surface area contributed by atoms with E-state index in [-0.39, 0.29) is 11.8 Å². The first-order valence-electron chi connectivity index (χ1n) is 14.2. The minimum atomic E-state index is -0.199. The molecule has 1 aliphatic heterocycles. The smallest absolute Gasteiger partial charge is 0.261 e. The second kappa shape index (κ2) is 13.7. The van der Waals surface area contributed by atoms with Gasteiger partial charge in [-0.3, -0.25) is 24.5 Å². The van der Waals surface area contributed by atoms with Gasteiger partial charge in [-0.05, 0) is 111 Å². The molecular weight excluding hydrogens is 498 g/mol. The second-order valence-corrected chi connectivity index (χ2v) is 10.2. The van der Waals surface area contributed by atoms with Gasteiger partial charge in [0.2, 0.25) is 0 Å². The van der Waals surface area contributed by atoms with Crippen molar-refractivity contribution in [2.24, 2.45) is 0 Å². The summed E-state index contributed by atoms with van der Waals surface area (Å²) in [5.74, 6) is 0.481. The maximum Gasteiger partial charge on any atom is 0.261 e. The highest BCUT2D eigenvalue weighted by Gasteiger charge is 2.34. The van der Waals surface area contributed by atoms with Crippen molar-refractivity contribution in [1.29, 1.82) is 0 Å². The van der Waals surface area contributed by atoms with Gasteiger partial charge in [0.05, 0.1) is 17.7 Å². The van der Waals surface area contributed by atoms with E-state index in [0.29, 0.717) is 30.7 Å². The summed E-state index contributed by atoms with van der Waals surface area (Å²) in [4.78, 5) is 35.4. The summed E-state index contributed by atoms with van der Waals surface area (Å²) in [6.45, 7) is 0.940. The molecule has 5 rings (SSSR count). The topological polar surface area (TPSA) is 72.4 Å². The number of hydrogen-bond donors (Lipinski definition) is 0. The predicted octanol–water partition coefficient (Wildman–Crippen LogP) is 6.28. The van der Waals surface area contributed by atoms with Gasteiger partial charge < -0.3 is 4.74 Å². The third kappa shape index (κ3) is 7.20. The lowest BCUT2D eigenvalue weighted by molar-refractivity contribution is 0.0649. The van der Waals surface area contributed by atoms with Crippen molar-refractivity contribution in [2.75, 3.05) is 13.2 Å². The van der Waals surface area contributed by atoms with Crippen LogP contribution in [0.1, 0.15) is 68.9 Å². The minimum Gasteiger partial charge on any atom is -0.494 e. The molecule has 2 amide bonds. The number of rotatable bonds is 14. The summed E-state index contributed by atoms with van der Waals surface area (Å²) in [7, 11) is 0. The zero-order valence-corrected chi connectivity index (χ0v) is 22.8. The van der Waals surface area contributed by atoms with Crippen LogP contribution in [0.25, 0.3) is 0 Å². The van der Waals surface area contributed by atoms with Gasteiger partial charge in [0.1, 0.15) is 5.75 Å². The van der Waals surface area contributed by atoms with Crippen molar-refractivity contribution in [2.45, 2.75) is 51.4 Å². The van der Waals surface area contributed by atoms with Crippen LogP contribution in [0.15, 0.2) is 91.3 Å². The molecule has 1 aliphatic rings. The summed E-state index contributed by atoms with van der Waals surface area (Å²) in [5.41, 5.74) is 5.77. The second-order valence-electron chi connectivity index (χ2n) is 10.2. The number of aromatic nitrogens is 2. The average molecular weight is 534 g/mol. The van der Waals surface area contributed by atoms with Crippen LogP contribution in [0.2, 0.25) is 0 Å². The zero-order valence-electron chi connectivity index (χ0n) is 22.8. The molecule has 0 N–H and O–H groups in total. The van der Waals surface area contributed by atoms with E-state index < -0.39 is 0 Å². The van der Waals surface area contributed by atoms with Gasteiger partial charge in [0.25, 0.3) is 11.8 Å². The molecule has 0 fully saturated rings. The largest absolute Gasteiger partial charge is 0.494 e. The van der Waals surface area contributed by atoms with Crippen molar-refractivity contribution in [1.82, 2.24) is 14.9 Å². The SMILES string of the molecule is O=C1c2ccccc2C(=O)N1CCCCOc1cc(CCCc2ccccn2)cc(CCCc2ccccn2)c1. The van der Waals surface area contributed by atoms with Gasteiger partial charge in [0, 0.05) is 30.3 Å². The molecule has 204 valence electrons. The summed E-state index contributed by atoms with van der Waals surface area (Å²) in [5, 5.41) is 0. The molecule has 6 heteroatoms. The van der Waals surface area contributed by atoms with E-state index in [9.17, 15) is 9.59 Å². The van der Waals surface area contributed by atoms with Crippen LogP contribution in [0, 0.1) is 0 Å². The molecule has 2 aromatic heterocycles. The van der Waals surface area contributed by atoms with E-state index in [0.717, 1.165) is 62.1 Å². The minimum absolute atomic E-state index is 0.199. The quantitative estimate of drug-likeness (QED) is 0.141. The molecule has 4 aromatic rings. The molecule has 0 bridgehead atoms. The number of amides is 2. The first kappa shape index (κ1) is 27.3. The summed E-state index contributed by atoms with van der Waals surface area (Å²) < 4.78 is 6.18. The van der Waals surface area contributed by atoms with Crippen molar-refractivity contribution >= 4 is 11.8 Å². The fraction of sp³-hybridized carbons (Fsp3) is 0.294. The van der Waals surface area contributed by atoms with E-state index in [4.69, 9.17) is 4.74 Å². The number of benzene rings is 2. The van der Waals surface area contributed by atoms with Crippen LogP contribution < -0.4 is 4.74 Å². The van der Waals surface area contributed by atoms with E-state index in [1.807, 2.05) is 36.7 Å². The lowest BCUT2D eigenvalue weighted by Crippen LogP contribution is -2.30. The normalized spacial score (nSPS) is 12.6. The number of pyridine rings is 2. The summed E-state index contributed by atoms with van der Waals surface area (Å²) in [6.07, 6.45) is 11.0. The Balaban J connectivity index is 1.14. The first-order chi connectivity index (χ1) is 19.7. The van der Waals surface area contributed by atoms with Gasteiger partial charge in [-0.2, -0.15) is 0 Å². The van der Waals surface area contributed by atoms with Crippen molar-refractivity contribution in [3.05, 3.63) is 125 Å². The van der Waals surface area contributed by atoms with E-state index in [1.54, 1.807) is 24.3 Å². The predicted molar refractivity (Wildman–Crippen MR) is 156 cm³/mol. The molecule has 40 heavy (non-hydrogen) atoms. The number of ether oxygens (including phenoxy) is 1. The van der Waals surface area contributed by atoms with Crippen molar-refractivity contribution in [3.63, 3.8) is 0 Å². The highest BCUT2D eigenvalue weighted by atomic mass is 16.5. The molecule has 0 radical (unpaired) electrons. The van der Waals surface area contributed by atoms with Gasteiger partial charge in [0.15, 0.2) is 0 Å². The molecular formula is C34H35N3O3. The van der Waals surface area contributed by atoms with Crippen LogP contribution >= 0.6 is 0 Å². The molecule has 0 atom stereocenters.